The zero-order chi connectivity index (χ0) is 7.40. The summed E-state index contributed by atoms with van der Waals surface area (Å²) in [5.74, 6) is 0.861. The molecule has 10 heavy (non-hydrogen) atoms. The third kappa shape index (κ3) is 2.14. The van der Waals surface area contributed by atoms with Gasteiger partial charge in [0.2, 0.25) is 0 Å². The second-order valence-electron chi connectivity index (χ2n) is 3.19. The highest BCUT2D eigenvalue weighted by Crippen LogP contribution is 2.12. The van der Waals surface area contributed by atoms with Gasteiger partial charge in [-0.15, -0.1) is 0 Å². The average molecular weight is 139 g/mol. The van der Waals surface area contributed by atoms with E-state index in [9.17, 15) is 0 Å². The van der Waals surface area contributed by atoms with Gasteiger partial charge in [-0.25, -0.2) is 0 Å². The quantitative estimate of drug-likeness (QED) is 0.589. The average Bonchev–Trinajstić information content (AvgIpc) is 2.40. The van der Waals surface area contributed by atoms with E-state index in [-0.39, 0.29) is 0 Å². The summed E-state index contributed by atoms with van der Waals surface area (Å²) >= 11 is 0. The third-order valence-electron chi connectivity index (χ3n) is 2.22. The van der Waals surface area contributed by atoms with E-state index in [4.69, 9.17) is 0 Å². The zero-order valence-corrected chi connectivity index (χ0v) is 6.93. The molecule has 1 rings (SSSR count). The molecule has 1 aliphatic rings. The summed E-state index contributed by atoms with van der Waals surface area (Å²) in [6.07, 6.45) is 7.10. The van der Waals surface area contributed by atoms with Gasteiger partial charge in [0.15, 0.2) is 0 Å². The Morgan fingerprint density at radius 3 is 3.00 bits per heavy atom. The Hall–Kier alpha value is -0.300. The van der Waals surface area contributed by atoms with Crippen molar-refractivity contribution in [2.24, 2.45) is 5.92 Å². The molecule has 0 aromatic carbocycles. The Morgan fingerprint density at radius 2 is 2.50 bits per heavy atom. The van der Waals surface area contributed by atoms with Crippen molar-refractivity contribution < 1.29 is 0 Å². The first-order valence-electron chi connectivity index (χ1n) is 4.23. The zero-order valence-electron chi connectivity index (χ0n) is 6.93. The highest BCUT2D eigenvalue weighted by Gasteiger charge is 2.10. The fourth-order valence-corrected chi connectivity index (χ4v) is 1.28. The van der Waals surface area contributed by atoms with Crippen LogP contribution in [0.1, 0.15) is 26.7 Å². The normalized spacial score (nSPS) is 27.2. The lowest BCUT2D eigenvalue weighted by Crippen LogP contribution is -2.23. The van der Waals surface area contributed by atoms with E-state index in [1.54, 1.807) is 0 Å². The van der Waals surface area contributed by atoms with Crippen LogP contribution >= 0.6 is 0 Å². The van der Waals surface area contributed by atoms with Crippen LogP contribution in [0.15, 0.2) is 12.2 Å². The van der Waals surface area contributed by atoms with Crippen molar-refractivity contribution in [3.63, 3.8) is 0 Å². The Labute approximate surface area is 63.5 Å². The van der Waals surface area contributed by atoms with E-state index in [2.05, 4.69) is 31.3 Å². The van der Waals surface area contributed by atoms with Crippen LogP contribution in [0.2, 0.25) is 0 Å². The lowest BCUT2D eigenvalue weighted by atomic mass is 10.0. The number of hydrogen-bond acceptors (Lipinski definition) is 1. The molecule has 0 saturated carbocycles. The molecular formula is C9H17N. The van der Waals surface area contributed by atoms with Gasteiger partial charge in [-0.3, -0.25) is 0 Å². The second kappa shape index (κ2) is 3.77. The van der Waals surface area contributed by atoms with Crippen molar-refractivity contribution in [2.75, 3.05) is 6.54 Å². The second-order valence-corrected chi connectivity index (χ2v) is 3.19. The third-order valence-corrected chi connectivity index (χ3v) is 2.22. The van der Waals surface area contributed by atoms with Gasteiger partial charge in [0.05, 0.1) is 0 Å². The van der Waals surface area contributed by atoms with Crippen LogP contribution in [0.5, 0.6) is 0 Å². The van der Waals surface area contributed by atoms with Crippen LogP contribution in [-0.2, 0) is 0 Å². The van der Waals surface area contributed by atoms with Crippen molar-refractivity contribution in [1.82, 2.24) is 5.32 Å². The first-order chi connectivity index (χ1) is 4.83. The molecule has 2 unspecified atom stereocenters. The van der Waals surface area contributed by atoms with Crippen LogP contribution in [0.25, 0.3) is 0 Å². The molecule has 0 bridgehead atoms. The van der Waals surface area contributed by atoms with Crippen LogP contribution in [0, 0.1) is 5.92 Å². The number of nitrogens with one attached hydrogen (secondary N) is 1. The van der Waals surface area contributed by atoms with E-state index in [1.165, 1.54) is 12.8 Å². The van der Waals surface area contributed by atoms with E-state index in [0.29, 0.717) is 6.04 Å². The first-order valence-corrected chi connectivity index (χ1v) is 4.23. The summed E-state index contributed by atoms with van der Waals surface area (Å²) in [6.45, 7) is 5.64. The maximum atomic E-state index is 3.41. The van der Waals surface area contributed by atoms with Crippen molar-refractivity contribution in [3.05, 3.63) is 12.2 Å². The molecule has 0 aromatic heterocycles. The summed E-state index contributed by atoms with van der Waals surface area (Å²) in [5.41, 5.74) is 0. The van der Waals surface area contributed by atoms with E-state index >= 15 is 0 Å². The molecule has 0 saturated heterocycles. The number of rotatable bonds is 3. The van der Waals surface area contributed by atoms with Crippen molar-refractivity contribution in [3.8, 4) is 0 Å². The molecule has 58 valence electrons. The fraction of sp³-hybridized carbons (Fsp3) is 0.778. The molecule has 1 aliphatic heterocycles. The summed E-state index contributed by atoms with van der Waals surface area (Å²) < 4.78 is 0. The van der Waals surface area contributed by atoms with Crippen LogP contribution < -0.4 is 5.32 Å². The van der Waals surface area contributed by atoms with Gasteiger partial charge in [-0.1, -0.05) is 32.4 Å². The minimum atomic E-state index is 0.662. The molecule has 0 amide bonds. The smallest absolute Gasteiger partial charge is 0.0255 e. The minimum Gasteiger partial charge on any atom is -0.307 e. The fourth-order valence-electron chi connectivity index (χ4n) is 1.28. The van der Waals surface area contributed by atoms with E-state index in [0.717, 1.165) is 12.5 Å². The highest BCUT2D eigenvalue weighted by molar-refractivity contribution is 5.01. The van der Waals surface area contributed by atoms with Crippen LogP contribution in [-0.4, -0.2) is 12.6 Å². The van der Waals surface area contributed by atoms with Crippen LogP contribution in [0.4, 0.5) is 0 Å². The molecule has 0 fully saturated rings. The highest BCUT2D eigenvalue weighted by atomic mass is 14.9. The Bertz CT molecular complexity index is 118. The summed E-state index contributed by atoms with van der Waals surface area (Å²) in [6, 6.07) is 0.662. The van der Waals surface area contributed by atoms with Gasteiger partial charge in [0.25, 0.3) is 0 Å². The topological polar surface area (TPSA) is 12.0 Å². The predicted octanol–water partition coefficient (Wildman–Crippen LogP) is 1.95. The maximum Gasteiger partial charge on any atom is 0.0255 e. The molecule has 1 heteroatoms. The maximum absolute atomic E-state index is 3.41. The number of hydrogen-bond donors (Lipinski definition) is 1. The van der Waals surface area contributed by atoms with E-state index < -0.39 is 0 Å². The molecule has 1 nitrogen and oxygen atoms in total. The van der Waals surface area contributed by atoms with Gasteiger partial charge >= 0.3 is 0 Å². The van der Waals surface area contributed by atoms with Gasteiger partial charge in [0.1, 0.15) is 0 Å². The Balaban J connectivity index is 2.18. The van der Waals surface area contributed by atoms with Crippen molar-refractivity contribution in [2.45, 2.75) is 32.7 Å². The van der Waals surface area contributed by atoms with Crippen molar-refractivity contribution in [1.29, 1.82) is 0 Å². The predicted molar refractivity (Wildman–Crippen MR) is 45.0 cm³/mol. The summed E-state index contributed by atoms with van der Waals surface area (Å²) in [7, 11) is 0. The van der Waals surface area contributed by atoms with Gasteiger partial charge in [0, 0.05) is 12.6 Å². The minimum absolute atomic E-state index is 0.662. The molecule has 0 radical (unpaired) electrons. The Kier molecular flexibility index (Phi) is 2.94. The molecule has 2 atom stereocenters. The van der Waals surface area contributed by atoms with Gasteiger partial charge in [-0.05, 0) is 12.3 Å². The van der Waals surface area contributed by atoms with Gasteiger partial charge in [-0.2, -0.15) is 0 Å². The first kappa shape index (κ1) is 7.80. The van der Waals surface area contributed by atoms with Crippen molar-refractivity contribution >= 4 is 0 Å². The molecule has 0 aliphatic carbocycles. The standard InChI is InChI=1S/C9H17N/c1-3-8(2)7-9-5-4-6-10-9/h4-5,8-10H,3,6-7H2,1-2H3. The molecule has 1 N–H and O–H groups in total. The molecule has 0 aromatic rings. The lowest BCUT2D eigenvalue weighted by molar-refractivity contribution is 0.458. The molecular weight excluding hydrogens is 122 g/mol. The lowest BCUT2D eigenvalue weighted by Gasteiger charge is -2.13. The summed E-state index contributed by atoms with van der Waals surface area (Å²) in [4.78, 5) is 0. The monoisotopic (exact) mass is 139 g/mol. The van der Waals surface area contributed by atoms with Crippen LogP contribution in [0.3, 0.4) is 0 Å². The summed E-state index contributed by atoms with van der Waals surface area (Å²) in [5, 5.41) is 3.41. The molecule has 0 spiro atoms. The SMILES string of the molecule is CCC(C)CC1C=CCN1. The largest absolute Gasteiger partial charge is 0.307 e. The Morgan fingerprint density at radius 1 is 1.70 bits per heavy atom. The molecule has 1 heterocycles. The van der Waals surface area contributed by atoms with Gasteiger partial charge < -0.3 is 5.32 Å². The van der Waals surface area contributed by atoms with E-state index in [1.807, 2.05) is 0 Å².